The molecule has 0 radical (unpaired) electrons. The second-order valence-electron chi connectivity index (χ2n) is 3.96. The number of rotatable bonds is 6. The molecule has 0 saturated heterocycles. The zero-order valence-electron chi connectivity index (χ0n) is 10.3. The summed E-state index contributed by atoms with van der Waals surface area (Å²) >= 11 is 5.85. The van der Waals surface area contributed by atoms with Gasteiger partial charge in [0.1, 0.15) is 0 Å². The average molecular weight is 269 g/mol. The summed E-state index contributed by atoms with van der Waals surface area (Å²) in [6, 6.07) is 7.47. The molecule has 0 aromatic heterocycles. The maximum Gasteiger partial charge on any atom is 0.220 e. The number of halogens is 1. The van der Waals surface area contributed by atoms with Crippen LogP contribution >= 0.6 is 11.6 Å². The fourth-order valence-electron chi connectivity index (χ4n) is 1.48. The Morgan fingerprint density at radius 2 is 1.94 bits per heavy atom. The maximum absolute atomic E-state index is 11.5. The van der Waals surface area contributed by atoms with Crippen LogP contribution in [0.5, 0.6) is 0 Å². The summed E-state index contributed by atoms with van der Waals surface area (Å²) in [7, 11) is 0. The first-order valence-electron chi connectivity index (χ1n) is 5.83. The van der Waals surface area contributed by atoms with Crippen molar-refractivity contribution in [1.29, 1.82) is 0 Å². The molecule has 18 heavy (non-hydrogen) atoms. The summed E-state index contributed by atoms with van der Waals surface area (Å²) in [5.74, 6) is -0.122. The van der Waals surface area contributed by atoms with Gasteiger partial charge in [0, 0.05) is 31.5 Å². The van der Waals surface area contributed by atoms with Crippen LogP contribution in [0.3, 0.4) is 0 Å². The molecule has 0 atom stereocenters. The second-order valence-corrected chi connectivity index (χ2v) is 4.40. The van der Waals surface area contributed by atoms with Crippen molar-refractivity contribution in [2.75, 3.05) is 13.1 Å². The minimum atomic E-state index is -0.0943. The highest BCUT2D eigenvalue weighted by Gasteiger charge is 2.02. The SMILES string of the molecule is CC(=O)NCCNC(=O)CCc1cccc(Cl)c1. The van der Waals surface area contributed by atoms with E-state index in [1.165, 1.54) is 6.92 Å². The Labute approximate surface area is 112 Å². The van der Waals surface area contributed by atoms with Gasteiger partial charge in [-0.1, -0.05) is 23.7 Å². The van der Waals surface area contributed by atoms with E-state index in [1.54, 1.807) is 6.07 Å². The van der Waals surface area contributed by atoms with Gasteiger partial charge >= 0.3 is 0 Å². The van der Waals surface area contributed by atoms with E-state index in [1.807, 2.05) is 18.2 Å². The van der Waals surface area contributed by atoms with Crippen LogP contribution in [-0.2, 0) is 16.0 Å². The van der Waals surface area contributed by atoms with E-state index >= 15 is 0 Å². The van der Waals surface area contributed by atoms with Gasteiger partial charge in [0.05, 0.1) is 0 Å². The highest BCUT2D eigenvalue weighted by atomic mass is 35.5. The molecule has 0 aliphatic rings. The number of carbonyl (C=O) groups is 2. The number of benzene rings is 1. The summed E-state index contributed by atoms with van der Waals surface area (Å²) in [6.45, 7) is 2.35. The zero-order chi connectivity index (χ0) is 13.4. The smallest absolute Gasteiger partial charge is 0.220 e. The van der Waals surface area contributed by atoms with Crippen LogP contribution in [0.4, 0.5) is 0 Å². The fraction of sp³-hybridized carbons (Fsp3) is 0.385. The topological polar surface area (TPSA) is 58.2 Å². The minimum Gasteiger partial charge on any atom is -0.355 e. The van der Waals surface area contributed by atoms with E-state index in [0.29, 0.717) is 31.0 Å². The van der Waals surface area contributed by atoms with E-state index < -0.39 is 0 Å². The van der Waals surface area contributed by atoms with Crippen LogP contribution in [0.15, 0.2) is 24.3 Å². The van der Waals surface area contributed by atoms with Gasteiger partial charge < -0.3 is 10.6 Å². The Hall–Kier alpha value is -1.55. The molecular weight excluding hydrogens is 252 g/mol. The van der Waals surface area contributed by atoms with Crippen LogP contribution in [0.1, 0.15) is 18.9 Å². The first kappa shape index (κ1) is 14.5. The molecule has 2 amide bonds. The molecule has 0 spiro atoms. The lowest BCUT2D eigenvalue weighted by molar-refractivity contribution is -0.122. The standard InChI is InChI=1S/C13H17ClN2O2/c1-10(17)15-7-8-16-13(18)6-5-11-3-2-4-12(14)9-11/h2-4,9H,5-8H2,1H3,(H,15,17)(H,16,18). The highest BCUT2D eigenvalue weighted by Crippen LogP contribution is 2.11. The lowest BCUT2D eigenvalue weighted by Gasteiger charge is -2.06. The van der Waals surface area contributed by atoms with E-state index in [2.05, 4.69) is 10.6 Å². The van der Waals surface area contributed by atoms with Crippen LogP contribution in [0.25, 0.3) is 0 Å². The fourth-order valence-corrected chi connectivity index (χ4v) is 1.69. The molecule has 0 saturated carbocycles. The molecule has 4 nitrogen and oxygen atoms in total. The van der Waals surface area contributed by atoms with Gasteiger partial charge in [0.25, 0.3) is 0 Å². The van der Waals surface area contributed by atoms with E-state index in [9.17, 15) is 9.59 Å². The van der Waals surface area contributed by atoms with Crippen molar-refractivity contribution in [1.82, 2.24) is 10.6 Å². The first-order chi connectivity index (χ1) is 8.58. The van der Waals surface area contributed by atoms with Crippen molar-refractivity contribution in [3.8, 4) is 0 Å². The summed E-state index contributed by atoms with van der Waals surface area (Å²) in [5, 5.41) is 6.03. The second kappa shape index (κ2) is 7.71. The lowest BCUT2D eigenvalue weighted by Crippen LogP contribution is -2.33. The van der Waals surface area contributed by atoms with Crippen molar-refractivity contribution in [3.63, 3.8) is 0 Å². The lowest BCUT2D eigenvalue weighted by atomic mass is 10.1. The molecule has 1 aromatic rings. The van der Waals surface area contributed by atoms with Gasteiger partial charge in [-0.3, -0.25) is 9.59 Å². The van der Waals surface area contributed by atoms with Crippen molar-refractivity contribution in [2.45, 2.75) is 19.8 Å². The Morgan fingerprint density at radius 3 is 2.61 bits per heavy atom. The van der Waals surface area contributed by atoms with E-state index in [-0.39, 0.29) is 11.8 Å². The van der Waals surface area contributed by atoms with E-state index in [4.69, 9.17) is 11.6 Å². The minimum absolute atomic E-state index is 0.0275. The molecule has 1 aromatic carbocycles. The third-order valence-corrected chi connectivity index (χ3v) is 2.59. The quantitative estimate of drug-likeness (QED) is 0.769. The molecule has 0 bridgehead atoms. The van der Waals surface area contributed by atoms with Crippen LogP contribution in [0.2, 0.25) is 5.02 Å². The number of carbonyl (C=O) groups excluding carboxylic acids is 2. The Morgan fingerprint density at radius 1 is 1.22 bits per heavy atom. The molecule has 0 aliphatic heterocycles. The van der Waals surface area contributed by atoms with Crippen molar-refractivity contribution >= 4 is 23.4 Å². The number of aryl methyl sites for hydroxylation is 1. The largest absolute Gasteiger partial charge is 0.355 e. The number of nitrogens with one attached hydrogen (secondary N) is 2. The predicted molar refractivity (Wildman–Crippen MR) is 71.5 cm³/mol. The molecule has 0 unspecified atom stereocenters. The third-order valence-electron chi connectivity index (χ3n) is 2.35. The first-order valence-corrected chi connectivity index (χ1v) is 6.21. The Bertz CT molecular complexity index is 421. The third kappa shape index (κ3) is 6.25. The summed E-state index contributed by atoms with van der Waals surface area (Å²) < 4.78 is 0. The summed E-state index contributed by atoms with van der Waals surface area (Å²) in [5.41, 5.74) is 1.04. The molecule has 2 N–H and O–H groups in total. The van der Waals surface area contributed by atoms with Gasteiger partial charge in [0.2, 0.25) is 11.8 Å². The molecule has 98 valence electrons. The van der Waals surface area contributed by atoms with Gasteiger partial charge in [0.15, 0.2) is 0 Å². The van der Waals surface area contributed by atoms with Gasteiger partial charge in [-0.05, 0) is 24.1 Å². The molecule has 1 rings (SSSR count). The number of hydrogen-bond acceptors (Lipinski definition) is 2. The van der Waals surface area contributed by atoms with Gasteiger partial charge in [-0.25, -0.2) is 0 Å². The van der Waals surface area contributed by atoms with Crippen LogP contribution < -0.4 is 10.6 Å². The summed E-state index contributed by atoms with van der Waals surface area (Å²) in [4.78, 5) is 22.1. The van der Waals surface area contributed by atoms with Crippen molar-refractivity contribution in [3.05, 3.63) is 34.9 Å². The van der Waals surface area contributed by atoms with Crippen molar-refractivity contribution < 1.29 is 9.59 Å². The monoisotopic (exact) mass is 268 g/mol. The average Bonchev–Trinajstić information content (AvgIpc) is 2.32. The molecule has 0 aliphatic carbocycles. The molecule has 5 heteroatoms. The maximum atomic E-state index is 11.5. The van der Waals surface area contributed by atoms with Gasteiger partial charge in [-0.15, -0.1) is 0 Å². The van der Waals surface area contributed by atoms with Crippen LogP contribution in [-0.4, -0.2) is 24.9 Å². The van der Waals surface area contributed by atoms with Gasteiger partial charge in [-0.2, -0.15) is 0 Å². The molecule has 0 fully saturated rings. The van der Waals surface area contributed by atoms with E-state index in [0.717, 1.165) is 5.56 Å². The normalized spacial score (nSPS) is 9.89. The highest BCUT2D eigenvalue weighted by molar-refractivity contribution is 6.30. The Kier molecular flexibility index (Phi) is 6.22. The molecule has 0 heterocycles. The summed E-state index contributed by atoms with van der Waals surface area (Å²) in [6.07, 6.45) is 1.08. The zero-order valence-corrected chi connectivity index (χ0v) is 11.1. The number of hydrogen-bond donors (Lipinski definition) is 2. The van der Waals surface area contributed by atoms with Crippen molar-refractivity contribution in [2.24, 2.45) is 0 Å². The van der Waals surface area contributed by atoms with Crippen LogP contribution in [0, 0.1) is 0 Å². The molecular formula is C13H17ClN2O2. The number of amides is 2. The Balaban J connectivity index is 2.19. The predicted octanol–water partition coefficient (Wildman–Crippen LogP) is 1.52.